The van der Waals surface area contributed by atoms with E-state index in [0.29, 0.717) is 22.5 Å². The highest BCUT2D eigenvalue weighted by molar-refractivity contribution is 9.10. The van der Waals surface area contributed by atoms with Gasteiger partial charge in [0.25, 0.3) is 10.0 Å². The summed E-state index contributed by atoms with van der Waals surface area (Å²) in [5, 5.41) is 2.96. The molecule has 4 aromatic rings. The second-order valence-electron chi connectivity index (χ2n) is 10.8. The molecule has 4 aromatic carbocycles. The standard InChI is InChI=1S/C35H37Br2N3O5S/c1-4-19-38-35(42)32(21-26-9-6-5-7-10-26)39(23-27-11-8-12-28(36)20-27)34(41)24-40(29-15-13-25(2)14-16-29)46(43,44)30-17-18-33(45-3)31(37)22-30/h5-18,20,22,32H,4,19,21,23-24H2,1-3H3,(H,38,42). The van der Waals surface area contributed by atoms with Crippen molar-refractivity contribution in [3.8, 4) is 5.75 Å². The van der Waals surface area contributed by atoms with Crippen molar-refractivity contribution in [3.63, 3.8) is 0 Å². The van der Waals surface area contributed by atoms with Crippen molar-refractivity contribution >= 4 is 59.4 Å². The molecule has 0 bridgehead atoms. The molecule has 8 nitrogen and oxygen atoms in total. The van der Waals surface area contributed by atoms with Gasteiger partial charge >= 0.3 is 0 Å². The van der Waals surface area contributed by atoms with Gasteiger partial charge in [0.15, 0.2) is 0 Å². The van der Waals surface area contributed by atoms with Crippen molar-refractivity contribution in [1.29, 1.82) is 0 Å². The first-order chi connectivity index (χ1) is 22.0. The molecule has 0 saturated heterocycles. The lowest BCUT2D eigenvalue weighted by molar-refractivity contribution is -0.140. The molecule has 0 aliphatic carbocycles. The monoisotopic (exact) mass is 769 g/mol. The van der Waals surface area contributed by atoms with Crippen LogP contribution in [0.1, 0.15) is 30.0 Å². The van der Waals surface area contributed by atoms with Gasteiger partial charge in [0, 0.05) is 24.0 Å². The number of rotatable bonds is 14. The highest BCUT2D eigenvalue weighted by Crippen LogP contribution is 2.31. The number of carbonyl (C=O) groups is 2. The van der Waals surface area contributed by atoms with Gasteiger partial charge in [0.1, 0.15) is 18.3 Å². The number of methoxy groups -OCH3 is 1. The minimum Gasteiger partial charge on any atom is -0.496 e. The van der Waals surface area contributed by atoms with E-state index in [9.17, 15) is 18.0 Å². The summed E-state index contributed by atoms with van der Waals surface area (Å²) in [6, 6.07) is 27.5. The van der Waals surface area contributed by atoms with Gasteiger partial charge in [-0.1, -0.05) is 83.0 Å². The fourth-order valence-corrected chi connectivity index (χ4v) is 7.51. The molecule has 1 N–H and O–H groups in total. The lowest BCUT2D eigenvalue weighted by Gasteiger charge is -2.34. The molecule has 242 valence electrons. The lowest BCUT2D eigenvalue weighted by atomic mass is 10.0. The van der Waals surface area contributed by atoms with Gasteiger partial charge < -0.3 is 15.0 Å². The van der Waals surface area contributed by atoms with Gasteiger partial charge in [-0.2, -0.15) is 0 Å². The molecule has 0 radical (unpaired) electrons. The summed E-state index contributed by atoms with van der Waals surface area (Å²) in [7, 11) is -2.76. The van der Waals surface area contributed by atoms with Crippen LogP contribution in [0.5, 0.6) is 5.75 Å². The highest BCUT2D eigenvalue weighted by atomic mass is 79.9. The maximum Gasteiger partial charge on any atom is 0.264 e. The third-order valence-electron chi connectivity index (χ3n) is 7.37. The largest absolute Gasteiger partial charge is 0.496 e. The predicted octanol–water partition coefficient (Wildman–Crippen LogP) is 6.89. The van der Waals surface area contributed by atoms with Gasteiger partial charge in [0.2, 0.25) is 11.8 Å². The van der Waals surface area contributed by atoms with E-state index in [1.165, 1.54) is 24.1 Å². The first kappa shape index (κ1) is 35.2. The van der Waals surface area contributed by atoms with Crippen LogP contribution in [0.4, 0.5) is 5.69 Å². The summed E-state index contributed by atoms with van der Waals surface area (Å²) >= 11 is 6.89. The van der Waals surface area contributed by atoms with E-state index in [0.717, 1.165) is 31.9 Å². The van der Waals surface area contributed by atoms with Gasteiger partial charge in [-0.25, -0.2) is 8.42 Å². The van der Waals surface area contributed by atoms with E-state index in [2.05, 4.69) is 37.2 Å². The molecule has 0 heterocycles. The van der Waals surface area contributed by atoms with Gasteiger partial charge in [-0.15, -0.1) is 0 Å². The van der Waals surface area contributed by atoms with E-state index in [1.54, 1.807) is 30.3 Å². The Morgan fingerprint density at radius 1 is 0.891 bits per heavy atom. The van der Waals surface area contributed by atoms with E-state index in [4.69, 9.17) is 4.74 Å². The molecule has 2 amide bonds. The van der Waals surface area contributed by atoms with Crippen molar-refractivity contribution in [2.75, 3.05) is 24.5 Å². The van der Waals surface area contributed by atoms with E-state index >= 15 is 0 Å². The average Bonchev–Trinajstić information content (AvgIpc) is 3.05. The van der Waals surface area contributed by atoms with Crippen molar-refractivity contribution in [2.24, 2.45) is 0 Å². The highest BCUT2D eigenvalue weighted by Gasteiger charge is 2.34. The SMILES string of the molecule is CCCNC(=O)C(Cc1ccccc1)N(Cc1cccc(Br)c1)C(=O)CN(c1ccc(C)cc1)S(=O)(=O)c1ccc(OC)c(Br)c1. The van der Waals surface area contributed by atoms with Crippen LogP contribution in [0, 0.1) is 6.92 Å². The maximum absolute atomic E-state index is 14.5. The topological polar surface area (TPSA) is 96.0 Å². The number of ether oxygens (including phenoxy) is 1. The number of anilines is 1. The summed E-state index contributed by atoms with van der Waals surface area (Å²) in [5.41, 5.74) is 2.92. The van der Waals surface area contributed by atoms with Crippen molar-refractivity contribution < 1.29 is 22.7 Å². The number of aryl methyl sites for hydroxylation is 1. The maximum atomic E-state index is 14.5. The van der Waals surface area contributed by atoms with E-state index in [-0.39, 0.29) is 23.8 Å². The predicted molar refractivity (Wildman–Crippen MR) is 188 cm³/mol. The fourth-order valence-electron chi connectivity index (χ4n) is 4.93. The molecule has 0 aliphatic heterocycles. The molecule has 1 unspecified atom stereocenters. The molecular formula is C35H37Br2N3O5S. The summed E-state index contributed by atoms with van der Waals surface area (Å²) in [4.78, 5) is 29.8. The number of nitrogens with one attached hydrogen (secondary N) is 1. The molecule has 0 spiro atoms. The number of nitrogens with zero attached hydrogens (tertiary/aromatic N) is 2. The molecule has 0 fully saturated rings. The molecule has 11 heteroatoms. The first-order valence-corrected chi connectivity index (χ1v) is 17.8. The van der Waals surface area contributed by atoms with Crippen LogP contribution < -0.4 is 14.4 Å². The number of carbonyl (C=O) groups excluding carboxylic acids is 2. The first-order valence-electron chi connectivity index (χ1n) is 14.8. The normalized spacial score (nSPS) is 11.8. The minimum absolute atomic E-state index is 0.0198. The second-order valence-corrected chi connectivity index (χ2v) is 14.4. The van der Waals surface area contributed by atoms with Gasteiger partial charge in [-0.3, -0.25) is 13.9 Å². The number of benzene rings is 4. The zero-order valence-electron chi connectivity index (χ0n) is 26.0. The number of hydrogen-bond acceptors (Lipinski definition) is 5. The Bertz CT molecular complexity index is 1750. The number of halogens is 2. The van der Waals surface area contributed by atoms with Crippen LogP contribution in [-0.4, -0.2) is 51.4 Å². The number of amides is 2. The Kier molecular flexibility index (Phi) is 12.4. The smallest absolute Gasteiger partial charge is 0.264 e. The Hall–Kier alpha value is -3.67. The molecule has 0 aromatic heterocycles. The van der Waals surface area contributed by atoms with Gasteiger partial charge in [0.05, 0.1) is 22.2 Å². The van der Waals surface area contributed by atoms with E-state index < -0.39 is 28.5 Å². The van der Waals surface area contributed by atoms with Crippen LogP contribution >= 0.6 is 31.9 Å². The molecule has 0 saturated carbocycles. The summed E-state index contributed by atoms with van der Waals surface area (Å²) in [5.74, 6) is -0.360. The van der Waals surface area contributed by atoms with Crippen LogP contribution in [0.25, 0.3) is 0 Å². The Morgan fingerprint density at radius 3 is 2.22 bits per heavy atom. The zero-order valence-corrected chi connectivity index (χ0v) is 29.9. The third-order valence-corrected chi connectivity index (χ3v) is 10.3. The summed E-state index contributed by atoms with van der Waals surface area (Å²) in [6.07, 6.45) is 0.971. The fraction of sp³-hybridized carbons (Fsp3) is 0.257. The summed E-state index contributed by atoms with van der Waals surface area (Å²) in [6.45, 7) is 3.86. The van der Waals surface area contributed by atoms with Crippen molar-refractivity contribution in [2.45, 2.75) is 44.2 Å². The number of hydrogen-bond donors (Lipinski definition) is 1. The molecular weight excluding hydrogens is 734 g/mol. The number of sulfonamides is 1. The van der Waals surface area contributed by atoms with Crippen LogP contribution in [-0.2, 0) is 32.6 Å². The lowest BCUT2D eigenvalue weighted by Crippen LogP contribution is -2.53. The van der Waals surface area contributed by atoms with E-state index in [1.807, 2.05) is 68.4 Å². The average molecular weight is 772 g/mol. The van der Waals surface area contributed by atoms with Crippen molar-refractivity contribution in [3.05, 3.63) is 123 Å². The molecule has 0 aliphatic rings. The minimum atomic E-state index is -4.25. The van der Waals surface area contributed by atoms with Crippen molar-refractivity contribution in [1.82, 2.24) is 10.2 Å². The Labute approximate surface area is 288 Å². The third kappa shape index (κ3) is 8.98. The Balaban J connectivity index is 1.81. The summed E-state index contributed by atoms with van der Waals surface area (Å²) < 4.78 is 36.2. The van der Waals surface area contributed by atoms with Crippen LogP contribution in [0.2, 0.25) is 0 Å². The molecule has 4 rings (SSSR count). The zero-order chi connectivity index (χ0) is 33.3. The quantitative estimate of drug-likeness (QED) is 0.151. The molecule has 1 atom stereocenters. The van der Waals surface area contributed by atoms with Crippen LogP contribution in [0.15, 0.2) is 111 Å². The van der Waals surface area contributed by atoms with Gasteiger partial charge in [-0.05, 0) is 82.9 Å². The van der Waals surface area contributed by atoms with Crippen LogP contribution in [0.3, 0.4) is 0 Å². The Morgan fingerprint density at radius 2 is 1.59 bits per heavy atom. The molecule has 46 heavy (non-hydrogen) atoms. The second kappa shape index (κ2) is 16.2.